The van der Waals surface area contributed by atoms with E-state index < -0.39 is 11.9 Å². The molecule has 0 saturated carbocycles. The first-order chi connectivity index (χ1) is 4.68. The molecule has 0 aromatic rings. The van der Waals surface area contributed by atoms with Crippen molar-refractivity contribution in [2.45, 2.75) is 19.8 Å². The van der Waals surface area contributed by atoms with E-state index in [-0.39, 0.29) is 29.0 Å². The maximum atomic E-state index is 10.1. The van der Waals surface area contributed by atoms with Crippen molar-refractivity contribution >= 4 is 11.9 Å². The van der Waals surface area contributed by atoms with Crippen LogP contribution in [0.2, 0.25) is 0 Å². The third-order valence-corrected chi connectivity index (χ3v) is 0.898. The van der Waals surface area contributed by atoms with Crippen molar-refractivity contribution in [1.29, 1.82) is 0 Å². The van der Waals surface area contributed by atoms with Gasteiger partial charge in [-0.3, -0.25) is 0 Å². The summed E-state index contributed by atoms with van der Waals surface area (Å²) in [6.07, 6.45) is 1.54. The van der Waals surface area contributed by atoms with Gasteiger partial charge in [-0.05, 0) is 6.42 Å². The number of carboxylic acids is 1. The molecular weight excluding hydrogens is 244 g/mol. The summed E-state index contributed by atoms with van der Waals surface area (Å²) in [7, 11) is 0. The summed E-state index contributed by atoms with van der Waals surface area (Å²) in [6, 6.07) is 0. The van der Waals surface area contributed by atoms with Crippen molar-refractivity contribution in [3.8, 4) is 0 Å². The molecular formula is C6H9AgO4. The third kappa shape index (κ3) is 7.58. The maximum absolute atomic E-state index is 10.1. The van der Waals surface area contributed by atoms with Crippen LogP contribution in [0.3, 0.4) is 0 Å². The fourth-order valence-corrected chi connectivity index (χ4v) is 0.368. The number of rotatable bonds is 3. The van der Waals surface area contributed by atoms with Crippen LogP contribution in [0.1, 0.15) is 19.8 Å². The molecule has 0 unspecified atom stereocenters. The average molecular weight is 253 g/mol. The van der Waals surface area contributed by atoms with Crippen molar-refractivity contribution in [3.05, 3.63) is 0 Å². The smallest absolute Gasteiger partial charge is 0.539 e. The van der Waals surface area contributed by atoms with Crippen molar-refractivity contribution in [2.24, 2.45) is 0 Å². The van der Waals surface area contributed by atoms with Gasteiger partial charge in [0, 0.05) is 0 Å². The Morgan fingerprint density at radius 2 is 2.00 bits per heavy atom. The molecule has 5 heteroatoms. The van der Waals surface area contributed by atoms with Crippen LogP contribution >= 0.6 is 0 Å². The second-order valence-electron chi connectivity index (χ2n) is 1.78. The van der Waals surface area contributed by atoms with E-state index in [2.05, 4.69) is 4.74 Å². The van der Waals surface area contributed by atoms with E-state index in [1.54, 1.807) is 0 Å². The fraction of sp³-hybridized carbons (Fsp3) is 0.667. The van der Waals surface area contributed by atoms with E-state index >= 15 is 0 Å². The number of ether oxygens (including phenoxy) is 1. The van der Waals surface area contributed by atoms with Crippen LogP contribution < -0.4 is 5.11 Å². The molecule has 4 nitrogen and oxygen atoms in total. The number of carboxylic acid groups (broad SMARTS) is 1. The van der Waals surface area contributed by atoms with E-state index in [1.165, 1.54) is 0 Å². The van der Waals surface area contributed by atoms with Crippen LogP contribution in [-0.4, -0.2) is 18.5 Å². The minimum atomic E-state index is -1.78. The Kier molecular flexibility index (Phi) is 9.40. The summed E-state index contributed by atoms with van der Waals surface area (Å²) < 4.78 is 4.24. The predicted molar refractivity (Wildman–Crippen MR) is 30.9 cm³/mol. The maximum Gasteiger partial charge on any atom is 1.00 e. The van der Waals surface area contributed by atoms with Crippen molar-refractivity contribution in [3.63, 3.8) is 0 Å². The zero-order valence-corrected chi connectivity index (χ0v) is 7.54. The van der Waals surface area contributed by atoms with Crippen molar-refractivity contribution in [2.75, 3.05) is 6.61 Å². The first-order valence-corrected chi connectivity index (χ1v) is 3.06. The Hall–Kier alpha value is -0.320. The fourth-order valence-electron chi connectivity index (χ4n) is 0.368. The van der Waals surface area contributed by atoms with E-state index in [1.807, 2.05) is 6.92 Å². The van der Waals surface area contributed by atoms with Gasteiger partial charge in [-0.1, -0.05) is 13.3 Å². The molecule has 0 radical (unpaired) electrons. The van der Waals surface area contributed by atoms with Crippen LogP contribution in [0.4, 0.5) is 0 Å². The molecule has 0 N–H and O–H groups in total. The number of carbonyl (C=O) groups excluding carboxylic acids is 2. The molecule has 0 bridgehead atoms. The predicted octanol–water partition coefficient (Wildman–Crippen LogP) is -0.923. The Morgan fingerprint density at radius 3 is 2.36 bits per heavy atom. The Balaban J connectivity index is 0. The van der Waals surface area contributed by atoms with Gasteiger partial charge in [-0.25, -0.2) is 4.79 Å². The van der Waals surface area contributed by atoms with Gasteiger partial charge >= 0.3 is 28.3 Å². The normalized spacial score (nSPS) is 8.09. The molecule has 0 amide bonds. The Labute approximate surface area is 80.4 Å². The van der Waals surface area contributed by atoms with Crippen molar-refractivity contribution in [1.82, 2.24) is 0 Å². The van der Waals surface area contributed by atoms with Gasteiger partial charge < -0.3 is 14.6 Å². The second kappa shape index (κ2) is 7.78. The number of hydrogen-bond acceptors (Lipinski definition) is 4. The molecule has 0 aliphatic carbocycles. The Morgan fingerprint density at radius 1 is 1.45 bits per heavy atom. The molecule has 0 aromatic carbocycles. The molecule has 0 heterocycles. The summed E-state index contributed by atoms with van der Waals surface area (Å²) in [5.41, 5.74) is 0. The summed E-state index contributed by atoms with van der Waals surface area (Å²) in [5.74, 6) is -3.07. The zero-order chi connectivity index (χ0) is 7.98. The molecule has 0 atom stereocenters. The van der Waals surface area contributed by atoms with Crippen LogP contribution in [0.25, 0.3) is 0 Å². The minimum Gasteiger partial charge on any atom is -0.539 e. The molecule has 0 saturated heterocycles. The van der Waals surface area contributed by atoms with Gasteiger partial charge in [0.1, 0.15) is 0 Å². The first-order valence-electron chi connectivity index (χ1n) is 3.06. The van der Waals surface area contributed by atoms with Crippen molar-refractivity contribution < 1.29 is 41.8 Å². The van der Waals surface area contributed by atoms with Crippen LogP contribution in [0, 0.1) is 0 Å². The number of carbonyl (C=O) groups is 2. The quantitative estimate of drug-likeness (QED) is 0.282. The topological polar surface area (TPSA) is 66.4 Å². The third-order valence-electron chi connectivity index (χ3n) is 0.898. The van der Waals surface area contributed by atoms with Gasteiger partial charge in [-0.15, -0.1) is 0 Å². The molecule has 68 valence electrons. The number of unbranched alkanes of at least 4 members (excludes halogenated alkanes) is 1. The zero-order valence-electron chi connectivity index (χ0n) is 6.06. The van der Waals surface area contributed by atoms with Gasteiger partial charge in [0.15, 0.2) is 5.97 Å². The first kappa shape index (κ1) is 13.3. The standard InChI is InChI=1S/C6H10O4.Ag/c1-2-3-4-10-6(9)5(7)8;/h2-4H2,1H3,(H,7,8);/q;+1/p-1. The van der Waals surface area contributed by atoms with E-state index in [4.69, 9.17) is 0 Å². The summed E-state index contributed by atoms with van der Waals surface area (Å²) in [4.78, 5) is 19.8. The van der Waals surface area contributed by atoms with Crippen LogP contribution in [-0.2, 0) is 36.7 Å². The number of aliphatic carboxylic acids is 1. The van der Waals surface area contributed by atoms with Gasteiger partial charge in [0.2, 0.25) is 0 Å². The summed E-state index contributed by atoms with van der Waals surface area (Å²) in [6.45, 7) is 2.07. The van der Waals surface area contributed by atoms with E-state index in [9.17, 15) is 14.7 Å². The second-order valence-corrected chi connectivity index (χ2v) is 1.78. The van der Waals surface area contributed by atoms with Gasteiger partial charge in [0.25, 0.3) is 0 Å². The molecule has 0 spiro atoms. The average Bonchev–Trinajstić information content (AvgIpc) is 1.88. The molecule has 0 aromatic heterocycles. The molecule has 0 fully saturated rings. The van der Waals surface area contributed by atoms with E-state index in [0.717, 1.165) is 6.42 Å². The molecule has 0 aliphatic heterocycles. The minimum absolute atomic E-state index is 0. The molecule has 11 heavy (non-hydrogen) atoms. The molecule has 0 rings (SSSR count). The Bertz CT molecular complexity index is 135. The largest absolute Gasteiger partial charge is 1.00 e. The number of esters is 1. The van der Waals surface area contributed by atoms with Gasteiger partial charge in [-0.2, -0.15) is 0 Å². The summed E-state index contributed by atoms with van der Waals surface area (Å²) >= 11 is 0. The number of hydrogen-bond donors (Lipinski definition) is 0. The SMILES string of the molecule is CCCCOC(=O)C(=O)[O-].[Ag+]. The van der Waals surface area contributed by atoms with E-state index in [0.29, 0.717) is 6.42 Å². The monoisotopic (exact) mass is 252 g/mol. The van der Waals surface area contributed by atoms with Crippen LogP contribution in [0.15, 0.2) is 0 Å². The summed E-state index contributed by atoms with van der Waals surface area (Å²) in [5, 5.41) is 9.71. The van der Waals surface area contributed by atoms with Gasteiger partial charge in [0.05, 0.1) is 6.61 Å². The molecule has 0 aliphatic rings. The van der Waals surface area contributed by atoms with Crippen LogP contribution in [0.5, 0.6) is 0 Å².